The minimum Gasteiger partial charge on any atom is -0.511 e. The normalized spacial score (nSPS) is 18.7. The topological polar surface area (TPSA) is 272 Å². The first-order valence-corrected chi connectivity index (χ1v) is 42.8. The maximum Gasteiger partial charge on any atom is 0.501 e. The average Bonchev–Trinajstić information content (AvgIpc) is 0.867. The molecular formula is C81H105F5N10O10S4. The number of aromatic nitrogens is 1. The molecule has 4 aliphatic rings. The smallest absolute Gasteiger partial charge is 0.501 e. The third-order valence-electron chi connectivity index (χ3n) is 21.4. The van der Waals surface area contributed by atoms with Crippen LogP contribution in [0.15, 0.2) is 153 Å². The number of nitrogens with zero attached hydrogens (tertiary/aromatic N) is 5. The third kappa shape index (κ3) is 23.6. The molecule has 2 aliphatic heterocycles. The van der Waals surface area contributed by atoms with Crippen molar-refractivity contribution < 1.29 is 67.9 Å². The minimum atomic E-state index is -6.20. The van der Waals surface area contributed by atoms with E-state index in [1.807, 2.05) is 80.1 Å². The second-order valence-corrected chi connectivity index (χ2v) is 36.0. The van der Waals surface area contributed by atoms with Gasteiger partial charge in [-0.15, -0.1) is 29.7 Å². The highest BCUT2D eigenvalue weighted by Crippen LogP contribution is 2.43. The zero-order valence-electron chi connectivity index (χ0n) is 63.6. The molecule has 4 aromatic carbocycles. The number of benzene rings is 4. The minimum absolute atomic E-state index is 0.0422. The molecule has 9 rings (SSSR count). The number of anilines is 2. The maximum absolute atomic E-state index is 14.6. The standard InChI is InChI=1S/C81H105F5N10O10S4/c1-8-56(77(82)83)21-26-60-49-80(6,7)35-33-61(60)50-94-40-42-95(43-41-94)63-29-27-59(28-30-63)78(101)92-110(105,106)65-31-32-68(71(47-65)109(103,104)81(84,85)86)90-62(51-107-64-16-11-9-12-17-64)34-37-93-38-44-96(45-39-93)73(99)20-13-10-14-36-88-72(98)48-69(57-22-24-58(25-23-57)76-55(5)89-52-108-76)91-79(102)67-19-15-18-66(67)75(100)74(53(2)3)70(97)46-54(4)87/h8-9,11-12,16-17,22-25,27-32,46-47,52-53,56,62,66-67,69,74,77,87,90,97H,1,10,13-15,18-21,26,33-45,48-51H2,2-7H3,(H,88,98)(H,91,102)(H,92,101)/b70-46-,87-54?/t56?,62-,66?,67-,69+,74?/m1/s1. The lowest BCUT2D eigenvalue weighted by atomic mass is 9.72. The molecule has 2 aliphatic carbocycles. The van der Waals surface area contributed by atoms with Crippen LogP contribution in [0.4, 0.5) is 33.3 Å². The van der Waals surface area contributed by atoms with Crippen LogP contribution in [0.25, 0.3) is 10.4 Å². The van der Waals surface area contributed by atoms with E-state index < -0.39 is 88.9 Å². The Balaban J connectivity index is 0.756. The summed E-state index contributed by atoms with van der Waals surface area (Å²) in [5.74, 6) is -5.33. The predicted octanol–water partition coefficient (Wildman–Crippen LogP) is 14.8. The Morgan fingerprint density at radius 1 is 0.845 bits per heavy atom. The van der Waals surface area contributed by atoms with Crippen LogP contribution in [0.1, 0.15) is 152 Å². The average molecular weight is 1600 g/mol. The van der Waals surface area contributed by atoms with E-state index in [0.29, 0.717) is 135 Å². The Kier molecular flexibility index (Phi) is 30.6. The predicted molar refractivity (Wildman–Crippen MR) is 423 cm³/mol. The number of sulfonamides is 1. The summed E-state index contributed by atoms with van der Waals surface area (Å²) in [7, 11) is -11.2. The first-order chi connectivity index (χ1) is 52.2. The Morgan fingerprint density at radius 2 is 1.53 bits per heavy atom. The lowest BCUT2D eigenvalue weighted by Crippen LogP contribution is -2.49. The molecule has 110 heavy (non-hydrogen) atoms. The summed E-state index contributed by atoms with van der Waals surface area (Å²) in [4.78, 5) is 81.5. The molecule has 0 bridgehead atoms. The fourth-order valence-corrected chi connectivity index (χ4v) is 18.9. The van der Waals surface area contributed by atoms with Crippen molar-refractivity contribution in [3.63, 3.8) is 0 Å². The van der Waals surface area contributed by atoms with E-state index in [1.54, 1.807) is 22.5 Å². The van der Waals surface area contributed by atoms with E-state index in [9.17, 15) is 67.9 Å². The van der Waals surface area contributed by atoms with Crippen LogP contribution in [0.3, 0.4) is 0 Å². The van der Waals surface area contributed by atoms with Gasteiger partial charge in [-0.05, 0) is 161 Å². The Bertz CT molecular complexity index is 4310. The highest BCUT2D eigenvalue weighted by molar-refractivity contribution is 7.99. The fourth-order valence-electron chi connectivity index (χ4n) is 15.1. The number of thiazole rings is 1. The van der Waals surface area contributed by atoms with Crippen LogP contribution in [0, 0.1) is 47.3 Å². The summed E-state index contributed by atoms with van der Waals surface area (Å²) in [5.41, 5.74) is 1.37. The number of rotatable bonds is 37. The number of hydrogen-bond acceptors (Lipinski definition) is 18. The molecule has 1 aromatic heterocycles. The number of thioether (sulfide) groups is 1. The van der Waals surface area contributed by atoms with Crippen LogP contribution in [-0.4, -0.2) is 172 Å². The number of ketones is 1. The number of aliphatic hydroxyl groups is 1. The lowest BCUT2D eigenvalue weighted by Gasteiger charge is -2.39. The summed E-state index contributed by atoms with van der Waals surface area (Å²) in [5, 5.41) is 27.9. The van der Waals surface area contributed by atoms with Gasteiger partial charge in [-0.2, -0.15) is 13.2 Å². The first-order valence-electron chi connectivity index (χ1n) is 37.9. The number of carbonyl (C=O) groups is 5. The number of amides is 4. The number of carbonyl (C=O) groups excluding carboxylic acids is 5. The van der Waals surface area contributed by atoms with E-state index in [0.717, 1.165) is 64.7 Å². The summed E-state index contributed by atoms with van der Waals surface area (Å²) in [6, 6.07) is 23.9. The van der Waals surface area contributed by atoms with E-state index in [-0.39, 0.29) is 70.5 Å². The van der Waals surface area contributed by atoms with Gasteiger partial charge in [0.15, 0.2) is 0 Å². The number of alkyl halides is 5. The third-order valence-corrected chi connectivity index (χ3v) is 26.4. The largest absolute Gasteiger partial charge is 0.511 e. The van der Waals surface area contributed by atoms with E-state index in [1.165, 1.54) is 65.5 Å². The van der Waals surface area contributed by atoms with Gasteiger partial charge in [0.1, 0.15) is 16.4 Å². The maximum atomic E-state index is 14.6. The van der Waals surface area contributed by atoms with Crippen LogP contribution in [0.5, 0.6) is 0 Å². The summed E-state index contributed by atoms with van der Waals surface area (Å²) in [6.45, 7) is 21.0. The van der Waals surface area contributed by atoms with Gasteiger partial charge in [0.2, 0.25) is 24.1 Å². The quantitative estimate of drug-likeness (QED) is 0.00539. The number of nitrogens with one attached hydrogen (secondary N) is 5. The molecule has 3 fully saturated rings. The molecule has 0 spiro atoms. The highest BCUT2D eigenvalue weighted by atomic mass is 32.2. The molecular weight excluding hydrogens is 1500 g/mol. The van der Waals surface area contributed by atoms with Gasteiger partial charge in [-0.3, -0.25) is 33.8 Å². The second-order valence-electron chi connectivity index (χ2n) is 30.5. The number of piperazine rings is 2. The molecule has 29 heteroatoms. The molecule has 20 nitrogen and oxygen atoms in total. The summed E-state index contributed by atoms with van der Waals surface area (Å²) >= 11 is 2.89. The van der Waals surface area contributed by atoms with Gasteiger partial charge in [-0.1, -0.05) is 100 Å². The van der Waals surface area contributed by atoms with E-state index in [4.69, 9.17) is 5.41 Å². The van der Waals surface area contributed by atoms with Gasteiger partial charge < -0.3 is 36.3 Å². The van der Waals surface area contributed by atoms with Crippen LogP contribution in [-0.2, 0) is 39.0 Å². The molecule has 2 saturated heterocycles. The van der Waals surface area contributed by atoms with Crippen LogP contribution >= 0.6 is 23.1 Å². The molecule has 1 saturated carbocycles. The first kappa shape index (κ1) is 86.2. The van der Waals surface area contributed by atoms with Crippen molar-refractivity contribution in [1.29, 1.82) is 5.41 Å². The van der Waals surface area contributed by atoms with Crippen molar-refractivity contribution in [1.82, 2.24) is 35.0 Å². The fraction of sp³-hybridized carbons (Fsp3) is 0.519. The van der Waals surface area contributed by atoms with Gasteiger partial charge >= 0.3 is 5.51 Å². The van der Waals surface area contributed by atoms with Gasteiger partial charge in [0.25, 0.3) is 25.8 Å². The van der Waals surface area contributed by atoms with Crippen molar-refractivity contribution >= 4 is 89.5 Å². The van der Waals surface area contributed by atoms with Crippen molar-refractivity contribution in [3.05, 3.63) is 155 Å². The number of aliphatic hydroxyl groups excluding tert-OH is 1. The number of halogens is 5. The molecule has 0 radical (unpaired) electrons. The Hall–Kier alpha value is -7.83. The second kappa shape index (κ2) is 39.1. The Labute approximate surface area is 652 Å². The van der Waals surface area contributed by atoms with Gasteiger partial charge in [-0.25, -0.2) is 35.3 Å². The highest BCUT2D eigenvalue weighted by Gasteiger charge is 2.49. The van der Waals surface area contributed by atoms with Crippen molar-refractivity contribution in [3.8, 4) is 10.4 Å². The van der Waals surface area contributed by atoms with E-state index in [2.05, 4.69) is 56.1 Å². The monoisotopic (exact) mass is 1600 g/mol. The van der Waals surface area contributed by atoms with Crippen molar-refractivity contribution in [2.75, 3.05) is 88.0 Å². The number of sulfone groups is 1. The van der Waals surface area contributed by atoms with E-state index >= 15 is 0 Å². The van der Waals surface area contributed by atoms with Gasteiger partial charge in [0, 0.05) is 130 Å². The van der Waals surface area contributed by atoms with Gasteiger partial charge in [0.05, 0.1) is 45.0 Å². The zero-order chi connectivity index (χ0) is 79.7. The molecule has 3 unspecified atom stereocenters. The molecule has 4 amide bonds. The number of hydrogen-bond donors (Lipinski definition) is 6. The molecule has 3 heterocycles. The van der Waals surface area contributed by atoms with Crippen LogP contribution in [0.2, 0.25) is 0 Å². The molecule has 598 valence electrons. The number of aryl methyl sites for hydroxylation is 1. The molecule has 6 atom stereocenters. The van der Waals surface area contributed by atoms with Crippen LogP contribution < -0.4 is 25.6 Å². The van der Waals surface area contributed by atoms with Crippen molar-refractivity contribution in [2.45, 2.75) is 170 Å². The van der Waals surface area contributed by atoms with Crippen molar-refractivity contribution in [2.24, 2.45) is 35.0 Å². The zero-order valence-corrected chi connectivity index (χ0v) is 66.8. The molecule has 6 N–H and O–H groups in total. The SMILES string of the molecule is C=CC(CCC1=C(CN2CCN(c3ccc(C(=O)NS(=O)(=O)c4ccc(N[C@H](CCN5CCN(C(=O)CCCCCNC(=O)C[C@H](NC(=O)[C@@H]6CCCC6C(=O)C(/C(O)=C/C(C)=N)C(C)C)c6ccc(-c7scnc7C)cc6)CC5)CSc5ccccc5)c(S(=O)(=O)C(F)(F)F)c4)cc3)CC2)CCC(C)(C)C1)C(F)F. The number of Topliss-reactive ketones (excluding diaryl/α,β-unsaturated/α-hetero) is 1. The number of allylic oxidation sites excluding steroid dienone is 4. The molecule has 5 aromatic rings. The lowest BCUT2D eigenvalue weighted by molar-refractivity contribution is -0.136. The number of unbranched alkanes of at least 4 members (excludes halogenated alkanes) is 2. The Morgan fingerprint density at radius 3 is 2.16 bits per heavy atom. The summed E-state index contributed by atoms with van der Waals surface area (Å²) in [6.07, 6.45) is 7.67. The summed E-state index contributed by atoms with van der Waals surface area (Å²) < 4.78 is 128.